The Kier molecular flexibility index (Phi) is 4.11. The minimum atomic E-state index is -0.0145. The van der Waals surface area contributed by atoms with Crippen molar-refractivity contribution in [3.05, 3.63) is 0 Å². The monoisotopic (exact) mass is 202 g/mol. The van der Waals surface area contributed by atoms with Crippen molar-refractivity contribution in [1.82, 2.24) is 0 Å². The van der Waals surface area contributed by atoms with E-state index in [2.05, 4.69) is 20.8 Å². The lowest BCUT2D eigenvalue weighted by molar-refractivity contribution is 0.107. The third-order valence-electron chi connectivity index (χ3n) is 2.51. The largest absolute Gasteiger partial charge is 0.393 e. The van der Waals surface area contributed by atoms with Gasteiger partial charge in [0.05, 0.1) is 6.10 Å². The standard InChI is InChI=1S/C11H22OS/c1-11(2,3)13-8-9-5-4-6-10(12)7-9/h9-10,12H,4-8H2,1-3H3. The van der Waals surface area contributed by atoms with Crippen LogP contribution >= 0.6 is 11.8 Å². The lowest BCUT2D eigenvalue weighted by Gasteiger charge is -2.28. The van der Waals surface area contributed by atoms with Gasteiger partial charge in [0.15, 0.2) is 0 Å². The van der Waals surface area contributed by atoms with Crippen LogP contribution in [0.4, 0.5) is 0 Å². The van der Waals surface area contributed by atoms with Crippen LogP contribution in [0.25, 0.3) is 0 Å². The second-order valence-electron chi connectivity index (χ2n) is 5.11. The van der Waals surface area contributed by atoms with E-state index in [0.717, 1.165) is 18.8 Å². The zero-order valence-corrected chi connectivity index (χ0v) is 9.86. The van der Waals surface area contributed by atoms with E-state index in [9.17, 15) is 5.11 Å². The Morgan fingerprint density at radius 3 is 2.54 bits per heavy atom. The van der Waals surface area contributed by atoms with E-state index in [4.69, 9.17) is 0 Å². The first-order valence-corrected chi connectivity index (χ1v) is 6.28. The topological polar surface area (TPSA) is 20.2 Å². The Morgan fingerprint density at radius 2 is 2.00 bits per heavy atom. The van der Waals surface area contributed by atoms with Gasteiger partial charge in [-0.2, -0.15) is 11.8 Å². The van der Waals surface area contributed by atoms with Crippen LogP contribution in [0.1, 0.15) is 46.5 Å². The van der Waals surface area contributed by atoms with E-state index < -0.39 is 0 Å². The van der Waals surface area contributed by atoms with Crippen molar-refractivity contribution in [3.63, 3.8) is 0 Å². The summed E-state index contributed by atoms with van der Waals surface area (Å²) < 4.78 is 0.377. The van der Waals surface area contributed by atoms with Gasteiger partial charge in [0.2, 0.25) is 0 Å². The molecule has 1 saturated carbocycles. The molecule has 0 aromatic heterocycles. The molecular formula is C11H22OS. The lowest BCUT2D eigenvalue weighted by Crippen LogP contribution is -2.22. The zero-order chi connectivity index (χ0) is 9.90. The molecule has 0 heterocycles. The molecule has 1 aliphatic carbocycles. The highest BCUT2D eigenvalue weighted by Gasteiger charge is 2.22. The molecular weight excluding hydrogens is 180 g/mol. The number of rotatable bonds is 2. The normalized spacial score (nSPS) is 30.5. The predicted octanol–water partition coefficient (Wildman–Crippen LogP) is 3.07. The van der Waals surface area contributed by atoms with Crippen LogP contribution in [-0.2, 0) is 0 Å². The average molecular weight is 202 g/mol. The summed E-state index contributed by atoms with van der Waals surface area (Å²) in [5, 5.41) is 9.50. The second-order valence-corrected chi connectivity index (χ2v) is 6.96. The number of hydrogen-bond acceptors (Lipinski definition) is 2. The molecule has 78 valence electrons. The second kappa shape index (κ2) is 4.70. The van der Waals surface area contributed by atoms with Crippen LogP contribution in [-0.4, -0.2) is 21.7 Å². The van der Waals surface area contributed by atoms with Crippen LogP contribution in [0.15, 0.2) is 0 Å². The molecule has 2 heteroatoms. The van der Waals surface area contributed by atoms with E-state index in [1.165, 1.54) is 18.6 Å². The van der Waals surface area contributed by atoms with E-state index in [0.29, 0.717) is 4.75 Å². The van der Waals surface area contributed by atoms with Gasteiger partial charge < -0.3 is 5.11 Å². The van der Waals surface area contributed by atoms with Crippen LogP contribution in [0.3, 0.4) is 0 Å². The highest BCUT2D eigenvalue weighted by Crippen LogP contribution is 2.32. The summed E-state index contributed by atoms with van der Waals surface area (Å²) in [7, 11) is 0. The molecule has 0 aromatic carbocycles. The zero-order valence-electron chi connectivity index (χ0n) is 9.05. The van der Waals surface area contributed by atoms with Crippen molar-refractivity contribution in [1.29, 1.82) is 0 Å². The Hall–Kier alpha value is 0.310. The van der Waals surface area contributed by atoms with E-state index in [-0.39, 0.29) is 6.10 Å². The quantitative estimate of drug-likeness (QED) is 0.742. The van der Waals surface area contributed by atoms with Crippen molar-refractivity contribution in [3.8, 4) is 0 Å². The molecule has 2 atom stereocenters. The maximum absolute atomic E-state index is 9.50. The molecule has 1 nitrogen and oxygen atoms in total. The molecule has 0 radical (unpaired) electrons. The molecule has 1 aliphatic rings. The highest BCUT2D eigenvalue weighted by molar-refractivity contribution is 8.00. The third kappa shape index (κ3) is 4.92. The first-order valence-electron chi connectivity index (χ1n) is 5.29. The van der Waals surface area contributed by atoms with Crippen molar-refractivity contribution in [2.24, 2.45) is 5.92 Å². The summed E-state index contributed by atoms with van der Waals surface area (Å²) in [5.74, 6) is 1.98. The predicted molar refractivity (Wildman–Crippen MR) is 60.2 cm³/mol. The molecule has 13 heavy (non-hydrogen) atoms. The summed E-state index contributed by atoms with van der Waals surface area (Å²) in [6.45, 7) is 6.78. The van der Waals surface area contributed by atoms with Gasteiger partial charge in [-0.15, -0.1) is 0 Å². The molecule has 0 amide bonds. The first-order chi connectivity index (χ1) is 5.97. The van der Waals surface area contributed by atoms with Crippen molar-refractivity contribution < 1.29 is 5.11 Å². The Morgan fingerprint density at radius 1 is 1.31 bits per heavy atom. The summed E-state index contributed by atoms with van der Waals surface area (Å²) in [5.41, 5.74) is 0. The van der Waals surface area contributed by atoms with Gasteiger partial charge in [-0.25, -0.2) is 0 Å². The minimum Gasteiger partial charge on any atom is -0.393 e. The highest BCUT2D eigenvalue weighted by atomic mass is 32.2. The minimum absolute atomic E-state index is 0.0145. The van der Waals surface area contributed by atoms with Crippen LogP contribution in [0.5, 0.6) is 0 Å². The molecule has 0 spiro atoms. The molecule has 1 N–H and O–H groups in total. The molecule has 2 unspecified atom stereocenters. The summed E-state index contributed by atoms with van der Waals surface area (Å²) >= 11 is 2.03. The van der Waals surface area contributed by atoms with Gasteiger partial charge in [-0.1, -0.05) is 27.2 Å². The fourth-order valence-corrected chi connectivity index (χ4v) is 2.82. The van der Waals surface area contributed by atoms with Gasteiger partial charge in [0, 0.05) is 4.75 Å². The number of thioether (sulfide) groups is 1. The van der Waals surface area contributed by atoms with Crippen molar-refractivity contribution in [2.75, 3.05) is 5.75 Å². The fraction of sp³-hybridized carbons (Fsp3) is 1.00. The fourth-order valence-electron chi connectivity index (χ4n) is 1.78. The Labute approximate surface area is 86.3 Å². The maximum atomic E-state index is 9.50. The molecule has 0 saturated heterocycles. The lowest BCUT2D eigenvalue weighted by atomic mass is 9.89. The Balaban J connectivity index is 2.21. The van der Waals surface area contributed by atoms with Gasteiger partial charge in [-0.05, 0) is 30.9 Å². The van der Waals surface area contributed by atoms with Gasteiger partial charge in [0.1, 0.15) is 0 Å². The van der Waals surface area contributed by atoms with E-state index in [1.807, 2.05) is 11.8 Å². The van der Waals surface area contributed by atoms with Crippen LogP contribution in [0, 0.1) is 5.92 Å². The summed E-state index contributed by atoms with van der Waals surface area (Å²) in [6.07, 6.45) is 4.58. The smallest absolute Gasteiger partial charge is 0.0543 e. The number of aliphatic hydroxyl groups excluding tert-OH is 1. The average Bonchev–Trinajstić information content (AvgIpc) is 2.00. The molecule has 0 bridgehead atoms. The summed E-state index contributed by atoms with van der Waals surface area (Å²) in [6, 6.07) is 0. The third-order valence-corrected chi connectivity index (χ3v) is 4.01. The molecule has 0 aromatic rings. The number of aliphatic hydroxyl groups is 1. The van der Waals surface area contributed by atoms with Gasteiger partial charge in [-0.3, -0.25) is 0 Å². The van der Waals surface area contributed by atoms with Gasteiger partial charge >= 0.3 is 0 Å². The maximum Gasteiger partial charge on any atom is 0.0543 e. The molecule has 0 aliphatic heterocycles. The number of hydrogen-bond donors (Lipinski definition) is 1. The SMILES string of the molecule is CC(C)(C)SCC1CCCC(O)C1. The van der Waals surface area contributed by atoms with Crippen LogP contribution < -0.4 is 0 Å². The van der Waals surface area contributed by atoms with Crippen molar-refractivity contribution >= 4 is 11.8 Å². The van der Waals surface area contributed by atoms with Crippen LogP contribution in [0.2, 0.25) is 0 Å². The Bertz CT molecular complexity index is 151. The van der Waals surface area contributed by atoms with E-state index >= 15 is 0 Å². The van der Waals surface area contributed by atoms with E-state index in [1.54, 1.807) is 0 Å². The molecule has 1 rings (SSSR count). The first kappa shape index (κ1) is 11.4. The summed E-state index contributed by atoms with van der Waals surface area (Å²) in [4.78, 5) is 0. The van der Waals surface area contributed by atoms with Crippen molar-refractivity contribution in [2.45, 2.75) is 57.3 Å². The molecule has 1 fully saturated rings. The van der Waals surface area contributed by atoms with Gasteiger partial charge in [0.25, 0.3) is 0 Å².